The fourth-order valence-corrected chi connectivity index (χ4v) is 3.52. The summed E-state index contributed by atoms with van der Waals surface area (Å²) in [5, 5.41) is 2.34. The Labute approximate surface area is 157 Å². The molecule has 0 spiro atoms. The number of nitrogens with one attached hydrogen (secondary N) is 1. The first-order chi connectivity index (χ1) is 12.3. The number of urea groups is 1. The summed E-state index contributed by atoms with van der Waals surface area (Å²) in [6.45, 7) is 10.1. The van der Waals surface area contributed by atoms with Gasteiger partial charge in [0.15, 0.2) is 17.9 Å². The Morgan fingerprint density at radius 2 is 1.56 bits per heavy atom. The largest absolute Gasteiger partial charge is 0.461 e. The number of ether oxygens (including phenoxy) is 6. The molecule has 3 aliphatic rings. The third kappa shape index (κ3) is 4.19. The van der Waals surface area contributed by atoms with Crippen LogP contribution < -0.4 is 11.1 Å². The summed E-state index contributed by atoms with van der Waals surface area (Å²) in [6.07, 6.45) is -2.67. The van der Waals surface area contributed by atoms with E-state index in [9.17, 15) is 9.59 Å². The van der Waals surface area contributed by atoms with Crippen molar-refractivity contribution in [2.45, 2.75) is 89.4 Å². The molecule has 3 N–H and O–H groups in total. The van der Waals surface area contributed by atoms with E-state index in [2.05, 4.69) is 5.32 Å². The van der Waals surface area contributed by atoms with Crippen LogP contribution >= 0.6 is 0 Å². The van der Waals surface area contributed by atoms with Gasteiger partial charge in [0.2, 0.25) is 0 Å². The highest BCUT2D eigenvalue weighted by atomic mass is 16.9. The predicted molar refractivity (Wildman–Crippen MR) is 90.3 cm³/mol. The zero-order chi connectivity index (χ0) is 20.2. The van der Waals surface area contributed by atoms with Gasteiger partial charge in [-0.05, 0) is 41.5 Å². The maximum absolute atomic E-state index is 12.3. The summed E-state index contributed by atoms with van der Waals surface area (Å²) in [7, 11) is 0. The second-order valence-electron chi connectivity index (χ2n) is 8.42. The Morgan fingerprint density at radius 1 is 1.00 bits per heavy atom. The fraction of sp³-hybridized carbons (Fsp3) is 0.882. The van der Waals surface area contributed by atoms with Gasteiger partial charge in [0.25, 0.3) is 0 Å². The van der Waals surface area contributed by atoms with Crippen molar-refractivity contribution in [1.82, 2.24) is 5.32 Å². The maximum Gasteiger partial charge on any atom is 0.331 e. The van der Waals surface area contributed by atoms with Crippen molar-refractivity contribution >= 4 is 12.0 Å². The van der Waals surface area contributed by atoms with E-state index in [1.54, 1.807) is 27.7 Å². The van der Waals surface area contributed by atoms with Crippen LogP contribution in [-0.2, 0) is 33.2 Å². The van der Waals surface area contributed by atoms with E-state index < -0.39 is 59.8 Å². The Kier molecular flexibility index (Phi) is 4.92. The molecule has 0 aromatic heterocycles. The summed E-state index contributed by atoms with van der Waals surface area (Å²) in [5.74, 6) is -2.31. The Balaban J connectivity index is 1.70. The maximum atomic E-state index is 12.3. The summed E-state index contributed by atoms with van der Waals surface area (Å²) >= 11 is 0. The lowest BCUT2D eigenvalue weighted by atomic mass is 9.99. The minimum atomic E-state index is -1.27. The minimum absolute atomic E-state index is 0.101. The lowest BCUT2D eigenvalue weighted by Crippen LogP contribution is -2.57. The van der Waals surface area contributed by atoms with E-state index in [1.165, 1.54) is 13.8 Å². The third-order valence-electron chi connectivity index (χ3n) is 4.58. The van der Waals surface area contributed by atoms with E-state index >= 15 is 0 Å². The number of hydrogen-bond donors (Lipinski definition) is 2. The van der Waals surface area contributed by atoms with Gasteiger partial charge in [0, 0.05) is 0 Å². The van der Waals surface area contributed by atoms with Crippen molar-refractivity contribution in [1.29, 1.82) is 0 Å². The highest BCUT2D eigenvalue weighted by molar-refractivity contribution is 5.85. The molecule has 27 heavy (non-hydrogen) atoms. The van der Waals surface area contributed by atoms with Crippen LogP contribution in [0.1, 0.15) is 41.5 Å². The molecule has 3 rings (SSSR count). The van der Waals surface area contributed by atoms with Crippen molar-refractivity contribution in [3.05, 3.63) is 0 Å². The van der Waals surface area contributed by atoms with Crippen molar-refractivity contribution in [3.63, 3.8) is 0 Å². The molecule has 3 fully saturated rings. The highest BCUT2D eigenvalue weighted by Crippen LogP contribution is 2.44. The van der Waals surface area contributed by atoms with Crippen LogP contribution in [-0.4, -0.2) is 66.4 Å². The number of rotatable bonds is 4. The van der Waals surface area contributed by atoms with Crippen LogP contribution in [0.15, 0.2) is 0 Å². The molecule has 0 aromatic rings. The SMILES string of the molecule is CC1(C)O[C@H]2[C@@H](O1)[C@@H](COC(=O)C(C)(C)NC(N)=O)O[C@@H]1OC(C)(C)O[C@@H]12. The number of fused-ring (bicyclic) bond motifs is 3. The number of hydrogen-bond acceptors (Lipinski definition) is 8. The van der Waals surface area contributed by atoms with Crippen LogP contribution in [0.25, 0.3) is 0 Å². The van der Waals surface area contributed by atoms with Gasteiger partial charge in [0.1, 0.15) is 36.6 Å². The van der Waals surface area contributed by atoms with Crippen LogP contribution in [0.5, 0.6) is 0 Å². The molecular formula is C17H28N2O8. The average molecular weight is 388 g/mol. The Hall–Kier alpha value is -1.46. The standard InChI is InChI=1S/C17H28N2O8/c1-15(2,19-14(18)21)13(20)22-7-8-9-10(25-16(3,4)24-9)11-12(23-8)27-17(5,6)26-11/h8-12H,7H2,1-6H3,(H3,18,19,21)/t8-,9+,10+,11-,12-/m1/s1. The molecule has 3 aliphatic heterocycles. The van der Waals surface area contributed by atoms with Gasteiger partial charge in [-0.3, -0.25) is 0 Å². The lowest BCUT2D eigenvalue weighted by Gasteiger charge is -2.37. The Morgan fingerprint density at radius 3 is 2.19 bits per heavy atom. The zero-order valence-electron chi connectivity index (χ0n) is 16.4. The lowest BCUT2D eigenvalue weighted by molar-refractivity contribution is -0.242. The molecule has 0 radical (unpaired) electrons. The molecule has 3 heterocycles. The van der Waals surface area contributed by atoms with Crippen molar-refractivity contribution in [2.75, 3.05) is 6.61 Å². The second-order valence-corrected chi connectivity index (χ2v) is 8.42. The Bertz CT molecular complexity index is 620. The quantitative estimate of drug-likeness (QED) is 0.662. The normalized spacial score (nSPS) is 36.6. The van der Waals surface area contributed by atoms with Gasteiger partial charge in [-0.25, -0.2) is 9.59 Å². The average Bonchev–Trinajstić information content (AvgIpc) is 2.97. The molecule has 0 bridgehead atoms. The summed E-state index contributed by atoms with van der Waals surface area (Å²) in [4.78, 5) is 23.4. The first-order valence-electron chi connectivity index (χ1n) is 8.91. The van der Waals surface area contributed by atoms with E-state index in [0.717, 1.165) is 0 Å². The first kappa shape index (κ1) is 20.3. The topological polar surface area (TPSA) is 128 Å². The van der Waals surface area contributed by atoms with E-state index in [-0.39, 0.29) is 6.61 Å². The van der Waals surface area contributed by atoms with Crippen molar-refractivity contribution in [3.8, 4) is 0 Å². The first-order valence-corrected chi connectivity index (χ1v) is 8.91. The van der Waals surface area contributed by atoms with Gasteiger partial charge in [-0.2, -0.15) is 0 Å². The zero-order valence-corrected chi connectivity index (χ0v) is 16.4. The monoisotopic (exact) mass is 388 g/mol. The number of carbonyl (C=O) groups excluding carboxylic acids is 2. The molecule has 5 atom stereocenters. The molecule has 10 heteroatoms. The fourth-order valence-electron chi connectivity index (χ4n) is 3.52. The van der Waals surface area contributed by atoms with E-state index in [4.69, 9.17) is 34.2 Å². The molecular weight excluding hydrogens is 360 g/mol. The van der Waals surface area contributed by atoms with E-state index in [0.29, 0.717) is 0 Å². The minimum Gasteiger partial charge on any atom is -0.461 e. The molecule has 0 aliphatic carbocycles. The highest BCUT2D eigenvalue weighted by Gasteiger charge is 2.60. The summed E-state index contributed by atoms with van der Waals surface area (Å²) in [5.41, 5.74) is 3.82. The van der Waals surface area contributed by atoms with Crippen LogP contribution in [0.2, 0.25) is 0 Å². The van der Waals surface area contributed by atoms with Gasteiger partial charge >= 0.3 is 12.0 Å². The van der Waals surface area contributed by atoms with Crippen LogP contribution in [0.4, 0.5) is 4.79 Å². The molecule has 154 valence electrons. The van der Waals surface area contributed by atoms with Gasteiger partial charge in [-0.15, -0.1) is 0 Å². The van der Waals surface area contributed by atoms with Gasteiger partial charge in [0.05, 0.1) is 0 Å². The summed E-state index contributed by atoms with van der Waals surface area (Å²) in [6, 6.07) is -0.818. The molecule has 2 amide bonds. The molecule has 3 saturated heterocycles. The van der Waals surface area contributed by atoms with Crippen LogP contribution in [0.3, 0.4) is 0 Å². The van der Waals surface area contributed by atoms with E-state index in [1.807, 2.05) is 0 Å². The molecule has 0 saturated carbocycles. The van der Waals surface area contributed by atoms with Crippen LogP contribution in [0, 0.1) is 0 Å². The summed E-state index contributed by atoms with van der Waals surface area (Å²) < 4.78 is 35.0. The third-order valence-corrected chi connectivity index (χ3v) is 4.58. The molecule has 0 aromatic carbocycles. The van der Waals surface area contributed by atoms with Crippen molar-refractivity contribution < 1.29 is 38.0 Å². The molecule has 0 unspecified atom stereocenters. The number of nitrogens with two attached hydrogens (primary N) is 1. The predicted octanol–water partition coefficient (Wildman–Crippen LogP) is 0.373. The van der Waals surface area contributed by atoms with Crippen molar-refractivity contribution in [2.24, 2.45) is 5.73 Å². The van der Waals surface area contributed by atoms with Gasteiger partial charge in [-0.1, -0.05) is 0 Å². The van der Waals surface area contributed by atoms with Gasteiger partial charge < -0.3 is 39.5 Å². The molecule has 10 nitrogen and oxygen atoms in total. The number of carbonyl (C=O) groups is 2. The number of amides is 2. The smallest absolute Gasteiger partial charge is 0.331 e. The number of primary amides is 1. The number of esters is 1. The second kappa shape index (κ2) is 6.56.